The third kappa shape index (κ3) is 6.04. The summed E-state index contributed by atoms with van der Waals surface area (Å²) in [6.45, 7) is 7.67. The van der Waals surface area contributed by atoms with Crippen LogP contribution in [0.1, 0.15) is 21.5 Å². The van der Waals surface area contributed by atoms with Gasteiger partial charge in [0.25, 0.3) is 5.91 Å². The van der Waals surface area contributed by atoms with Crippen LogP contribution in [-0.2, 0) is 16.6 Å². The number of aryl methyl sites for hydroxylation is 1. The van der Waals surface area contributed by atoms with Gasteiger partial charge in [-0.2, -0.15) is 4.31 Å². The van der Waals surface area contributed by atoms with E-state index in [0.29, 0.717) is 61.3 Å². The predicted molar refractivity (Wildman–Crippen MR) is 151 cm³/mol. The zero-order valence-corrected chi connectivity index (χ0v) is 23.2. The first-order valence-electron chi connectivity index (χ1n) is 13.0. The maximum Gasteiger partial charge on any atom is 0.253 e. The van der Waals surface area contributed by atoms with Crippen LogP contribution in [0.2, 0.25) is 5.02 Å². The van der Waals surface area contributed by atoms with Gasteiger partial charge >= 0.3 is 0 Å². The lowest BCUT2D eigenvalue weighted by atomic mass is 10.1. The van der Waals surface area contributed by atoms with E-state index in [1.807, 2.05) is 72.5 Å². The Labute approximate surface area is 230 Å². The van der Waals surface area contributed by atoms with Gasteiger partial charge in [0, 0.05) is 75.2 Å². The molecule has 2 aliphatic rings. The molecule has 1 amide bonds. The first-order valence-corrected chi connectivity index (χ1v) is 14.8. The van der Waals surface area contributed by atoms with Gasteiger partial charge in [-0.25, -0.2) is 8.42 Å². The number of anilines is 1. The Bertz CT molecular complexity index is 1380. The fourth-order valence-electron chi connectivity index (χ4n) is 5.07. The summed E-state index contributed by atoms with van der Waals surface area (Å²) in [6.07, 6.45) is 0. The van der Waals surface area contributed by atoms with E-state index in [1.54, 1.807) is 16.4 Å². The summed E-state index contributed by atoms with van der Waals surface area (Å²) < 4.78 is 27.6. The Morgan fingerprint density at radius 1 is 0.816 bits per heavy atom. The Morgan fingerprint density at radius 2 is 1.50 bits per heavy atom. The summed E-state index contributed by atoms with van der Waals surface area (Å²) in [5.74, 6) is 0.0478. The molecule has 0 bridgehead atoms. The fraction of sp³-hybridized carbons (Fsp3) is 0.345. The number of halogens is 1. The molecule has 0 aromatic heterocycles. The smallest absolute Gasteiger partial charge is 0.253 e. The number of carbonyl (C=O) groups excluding carboxylic acids is 1. The quantitative estimate of drug-likeness (QED) is 0.460. The average Bonchev–Trinajstić information content (AvgIpc) is 2.93. The molecule has 38 heavy (non-hydrogen) atoms. The van der Waals surface area contributed by atoms with Crippen LogP contribution in [-0.4, -0.2) is 80.8 Å². The number of hydrogen-bond donors (Lipinski definition) is 0. The third-order valence-electron chi connectivity index (χ3n) is 7.31. The molecule has 5 rings (SSSR count). The van der Waals surface area contributed by atoms with Crippen molar-refractivity contribution in [3.63, 3.8) is 0 Å². The van der Waals surface area contributed by atoms with E-state index in [1.165, 1.54) is 0 Å². The highest BCUT2D eigenvalue weighted by Gasteiger charge is 2.28. The molecule has 200 valence electrons. The largest absolute Gasteiger partial charge is 0.368 e. The minimum atomic E-state index is -3.48. The molecule has 0 N–H and O–H groups in total. The third-order valence-corrected chi connectivity index (χ3v) is 9.46. The molecule has 0 radical (unpaired) electrons. The van der Waals surface area contributed by atoms with Gasteiger partial charge in [-0.1, -0.05) is 47.5 Å². The van der Waals surface area contributed by atoms with Crippen molar-refractivity contribution in [1.29, 1.82) is 0 Å². The molecule has 0 saturated carbocycles. The summed E-state index contributed by atoms with van der Waals surface area (Å²) in [7, 11) is -3.48. The minimum absolute atomic E-state index is 0.0478. The van der Waals surface area contributed by atoms with Crippen LogP contribution in [0.15, 0.2) is 77.7 Å². The zero-order valence-electron chi connectivity index (χ0n) is 21.6. The summed E-state index contributed by atoms with van der Waals surface area (Å²) in [6, 6.07) is 22.6. The number of carbonyl (C=O) groups is 1. The number of hydrogen-bond acceptors (Lipinski definition) is 5. The van der Waals surface area contributed by atoms with E-state index in [-0.39, 0.29) is 5.91 Å². The van der Waals surface area contributed by atoms with E-state index in [2.05, 4.69) is 9.80 Å². The lowest BCUT2D eigenvalue weighted by Crippen LogP contribution is -2.49. The summed E-state index contributed by atoms with van der Waals surface area (Å²) in [5, 5.41) is 0.715. The molecular weight excluding hydrogens is 520 g/mol. The van der Waals surface area contributed by atoms with Crippen LogP contribution < -0.4 is 4.90 Å². The van der Waals surface area contributed by atoms with Crippen molar-refractivity contribution in [2.45, 2.75) is 18.4 Å². The normalized spacial score (nSPS) is 17.5. The molecule has 3 aromatic carbocycles. The minimum Gasteiger partial charge on any atom is -0.368 e. The monoisotopic (exact) mass is 552 g/mol. The molecule has 0 unspecified atom stereocenters. The molecule has 2 aliphatic heterocycles. The maximum atomic E-state index is 13.2. The second kappa shape index (κ2) is 11.5. The number of amides is 1. The van der Waals surface area contributed by atoms with E-state index in [9.17, 15) is 13.2 Å². The highest BCUT2D eigenvalue weighted by atomic mass is 35.5. The van der Waals surface area contributed by atoms with Crippen LogP contribution in [0.25, 0.3) is 0 Å². The average molecular weight is 553 g/mol. The zero-order chi connectivity index (χ0) is 26.7. The molecular formula is C29H33ClN4O3S. The number of sulfonamides is 1. The van der Waals surface area contributed by atoms with E-state index in [0.717, 1.165) is 29.9 Å². The molecule has 0 aliphatic carbocycles. The van der Waals surface area contributed by atoms with Crippen LogP contribution in [0.4, 0.5) is 5.69 Å². The van der Waals surface area contributed by atoms with Crippen molar-refractivity contribution < 1.29 is 13.2 Å². The molecule has 7 nitrogen and oxygen atoms in total. The molecule has 2 saturated heterocycles. The van der Waals surface area contributed by atoms with Crippen molar-refractivity contribution in [3.8, 4) is 0 Å². The highest BCUT2D eigenvalue weighted by molar-refractivity contribution is 7.89. The second-order valence-corrected chi connectivity index (χ2v) is 12.3. The first-order chi connectivity index (χ1) is 18.3. The predicted octanol–water partition coefficient (Wildman–Crippen LogP) is 4.12. The van der Waals surface area contributed by atoms with Gasteiger partial charge in [0.05, 0.1) is 4.90 Å². The second-order valence-electron chi connectivity index (χ2n) is 9.95. The van der Waals surface area contributed by atoms with Crippen LogP contribution in [0.3, 0.4) is 0 Å². The molecule has 2 heterocycles. The molecule has 2 fully saturated rings. The van der Waals surface area contributed by atoms with Gasteiger partial charge in [-0.3, -0.25) is 9.69 Å². The SMILES string of the molecule is Cc1ccc(S(=O)(=O)N2CCN(Cc3cccc(C(=O)N4CCN(c5cccc(Cl)c5)CC4)c3)CC2)cc1. The summed E-state index contributed by atoms with van der Waals surface area (Å²) in [5.41, 5.74) is 3.87. The number of piperazine rings is 2. The first kappa shape index (κ1) is 26.7. The van der Waals surface area contributed by atoms with E-state index < -0.39 is 10.0 Å². The summed E-state index contributed by atoms with van der Waals surface area (Å²) >= 11 is 6.14. The van der Waals surface area contributed by atoms with E-state index in [4.69, 9.17) is 11.6 Å². The highest BCUT2D eigenvalue weighted by Crippen LogP contribution is 2.22. The fourth-order valence-corrected chi connectivity index (χ4v) is 6.68. The van der Waals surface area contributed by atoms with Gasteiger partial charge in [-0.15, -0.1) is 0 Å². The molecule has 9 heteroatoms. The van der Waals surface area contributed by atoms with Crippen molar-refractivity contribution in [2.24, 2.45) is 0 Å². The van der Waals surface area contributed by atoms with Gasteiger partial charge in [-0.05, 0) is 55.0 Å². The topological polar surface area (TPSA) is 64.2 Å². The standard InChI is InChI=1S/C29H33ClN4O3S/c1-23-8-10-28(11-9-23)38(36,37)34-18-12-31(13-19-34)22-24-4-2-5-25(20-24)29(35)33-16-14-32(15-17-33)27-7-3-6-26(30)21-27/h2-11,20-21H,12-19,22H2,1H3. The van der Waals surface area contributed by atoms with Crippen LogP contribution >= 0.6 is 11.6 Å². The Balaban J connectivity index is 1.15. The summed E-state index contributed by atoms with van der Waals surface area (Å²) in [4.78, 5) is 20.0. The Morgan fingerprint density at radius 3 is 2.18 bits per heavy atom. The number of nitrogens with zero attached hydrogens (tertiary/aromatic N) is 4. The van der Waals surface area contributed by atoms with E-state index >= 15 is 0 Å². The van der Waals surface area contributed by atoms with Gasteiger partial charge in [0.1, 0.15) is 0 Å². The van der Waals surface area contributed by atoms with Crippen LogP contribution in [0, 0.1) is 6.92 Å². The Hall–Kier alpha value is -2.91. The lowest BCUT2D eigenvalue weighted by molar-refractivity contribution is 0.0746. The molecule has 3 aromatic rings. The van der Waals surface area contributed by atoms with Crippen molar-refractivity contribution in [1.82, 2.24) is 14.1 Å². The van der Waals surface area contributed by atoms with Crippen LogP contribution in [0.5, 0.6) is 0 Å². The molecule has 0 spiro atoms. The Kier molecular flexibility index (Phi) is 8.04. The molecule has 0 atom stereocenters. The van der Waals surface area contributed by atoms with Crippen molar-refractivity contribution >= 4 is 33.2 Å². The van der Waals surface area contributed by atoms with Crippen molar-refractivity contribution in [2.75, 3.05) is 57.3 Å². The van der Waals surface area contributed by atoms with Gasteiger partial charge in [0.15, 0.2) is 0 Å². The van der Waals surface area contributed by atoms with Crippen molar-refractivity contribution in [3.05, 3.63) is 94.5 Å². The number of rotatable bonds is 6. The van der Waals surface area contributed by atoms with Gasteiger partial charge in [0.2, 0.25) is 10.0 Å². The lowest BCUT2D eigenvalue weighted by Gasteiger charge is -2.36. The van der Waals surface area contributed by atoms with Gasteiger partial charge < -0.3 is 9.80 Å². The number of benzene rings is 3. The maximum absolute atomic E-state index is 13.2.